The lowest BCUT2D eigenvalue weighted by molar-refractivity contribution is -0.143. The molecule has 23 heavy (non-hydrogen) atoms. The molecule has 1 aromatic carbocycles. The molecule has 0 bridgehead atoms. The SMILES string of the molecule is CC.CCOC(=O)CCC=O.CNc1ccc(/C(C)=N/O)cc1. The fourth-order valence-electron chi connectivity index (χ4n) is 1.35. The van der Waals surface area contributed by atoms with Crippen LogP contribution in [-0.2, 0) is 14.3 Å². The molecule has 1 aromatic rings. The molecule has 0 aliphatic heterocycles. The highest BCUT2D eigenvalue weighted by Gasteiger charge is 1.98. The maximum Gasteiger partial charge on any atom is 0.306 e. The summed E-state index contributed by atoms with van der Waals surface area (Å²) in [6.07, 6.45) is 1.17. The number of nitrogens with zero attached hydrogens (tertiary/aromatic N) is 1. The molecule has 0 aliphatic carbocycles. The summed E-state index contributed by atoms with van der Waals surface area (Å²) in [7, 11) is 1.86. The summed E-state index contributed by atoms with van der Waals surface area (Å²) in [5.41, 5.74) is 2.60. The fourth-order valence-corrected chi connectivity index (χ4v) is 1.35. The lowest BCUT2D eigenvalue weighted by Gasteiger charge is -2.01. The number of nitrogens with one attached hydrogen (secondary N) is 1. The molecule has 2 N–H and O–H groups in total. The van der Waals surface area contributed by atoms with Crippen molar-refractivity contribution in [2.75, 3.05) is 19.0 Å². The van der Waals surface area contributed by atoms with Crippen molar-refractivity contribution in [2.24, 2.45) is 5.16 Å². The molecule has 0 aliphatic rings. The van der Waals surface area contributed by atoms with E-state index in [1.807, 2.05) is 45.2 Å². The van der Waals surface area contributed by atoms with Gasteiger partial charge >= 0.3 is 5.97 Å². The number of rotatable bonds is 6. The van der Waals surface area contributed by atoms with E-state index in [4.69, 9.17) is 5.21 Å². The number of oxime groups is 1. The summed E-state index contributed by atoms with van der Waals surface area (Å²) in [4.78, 5) is 20.1. The van der Waals surface area contributed by atoms with E-state index in [-0.39, 0.29) is 18.8 Å². The van der Waals surface area contributed by atoms with Crippen molar-refractivity contribution in [1.29, 1.82) is 0 Å². The Morgan fingerprint density at radius 3 is 2.26 bits per heavy atom. The number of anilines is 1. The average Bonchev–Trinajstić information content (AvgIpc) is 2.62. The minimum absolute atomic E-state index is 0.206. The molecular weight excluding hydrogens is 296 g/mol. The number of ether oxygens (including phenoxy) is 1. The van der Waals surface area contributed by atoms with Crippen LogP contribution in [0.2, 0.25) is 0 Å². The zero-order chi connectivity index (χ0) is 18.1. The highest BCUT2D eigenvalue weighted by atomic mass is 16.5. The summed E-state index contributed by atoms with van der Waals surface area (Å²) in [5.74, 6) is -0.301. The van der Waals surface area contributed by atoms with Gasteiger partial charge in [0.15, 0.2) is 0 Å². The van der Waals surface area contributed by atoms with Crippen molar-refractivity contribution in [3.63, 3.8) is 0 Å². The van der Waals surface area contributed by atoms with Gasteiger partial charge in [0.2, 0.25) is 0 Å². The van der Waals surface area contributed by atoms with E-state index in [0.29, 0.717) is 18.6 Å². The topological polar surface area (TPSA) is 88.0 Å². The van der Waals surface area contributed by atoms with Crippen LogP contribution in [0.5, 0.6) is 0 Å². The molecule has 0 saturated heterocycles. The lowest BCUT2D eigenvalue weighted by Crippen LogP contribution is -2.03. The van der Waals surface area contributed by atoms with Gasteiger partial charge in [-0.15, -0.1) is 0 Å². The van der Waals surface area contributed by atoms with Gasteiger partial charge < -0.3 is 20.1 Å². The Morgan fingerprint density at radius 2 is 1.87 bits per heavy atom. The van der Waals surface area contributed by atoms with Crippen molar-refractivity contribution >= 4 is 23.7 Å². The van der Waals surface area contributed by atoms with Crippen LogP contribution in [0.1, 0.15) is 46.1 Å². The van der Waals surface area contributed by atoms with Gasteiger partial charge in [-0.2, -0.15) is 0 Å². The Balaban J connectivity index is 0. The second-order valence-electron chi connectivity index (χ2n) is 4.02. The smallest absolute Gasteiger partial charge is 0.306 e. The molecular formula is C17H28N2O4. The van der Waals surface area contributed by atoms with Crippen LogP contribution < -0.4 is 5.32 Å². The zero-order valence-electron chi connectivity index (χ0n) is 14.6. The first-order valence-corrected chi connectivity index (χ1v) is 7.65. The van der Waals surface area contributed by atoms with Crippen LogP contribution in [0.25, 0.3) is 0 Å². The van der Waals surface area contributed by atoms with E-state index in [9.17, 15) is 9.59 Å². The quantitative estimate of drug-likeness (QED) is 0.275. The number of carbonyl (C=O) groups is 2. The van der Waals surface area contributed by atoms with Crippen molar-refractivity contribution in [3.8, 4) is 0 Å². The van der Waals surface area contributed by atoms with Gasteiger partial charge in [0.05, 0.1) is 18.7 Å². The Morgan fingerprint density at radius 1 is 1.30 bits per heavy atom. The summed E-state index contributed by atoms with van der Waals surface area (Å²) < 4.78 is 4.55. The molecule has 1 rings (SSSR count). The van der Waals surface area contributed by atoms with E-state index in [1.54, 1.807) is 13.8 Å². The molecule has 0 unspecified atom stereocenters. The summed E-state index contributed by atoms with van der Waals surface area (Å²) in [6, 6.07) is 7.68. The van der Waals surface area contributed by atoms with E-state index < -0.39 is 0 Å². The summed E-state index contributed by atoms with van der Waals surface area (Å²) in [6.45, 7) is 7.88. The number of esters is 1. The highest BCUT2D eigenvalue weighted by Crippen LogP contribution is 2.08. The van der Waals surface area contributed by atoms with Gasteiger partial charge in [-0.25, -0.2) is 0 Å². The normalized spacial score (nSPS) is 9.52. The van der Waals surface area contributed by atoms with Gasteiger partial charge in [0.25, 0.3) is 0 Å². The van der Waals surface area contributed by atoms with Crippen LogP contribution in [0.4, 0.5) is 5.69 Å². The predicted molar refractivity (Wildman–Crippen MR) is 93.3 cm³/mol. The third-order valence-electron chi connectivity index (χ3n) is 2.51. The van der Waals surface area contributed by atoms with Gasteiger partial charge in [-0.05, 0) is 31.5 Å². The summed E-state index contributed by atoms with van der Waals surface area (Å²) in [5, 5.41) is 14.6. The lowest BCUT2D eigenvalue weighted by atomic mass is 10.1. The Kier molecular flexibility index (Phi) is 15.9. The van der Waals surface area contributed by atoms with E-state index in [2.05, 4.69) is 15.2 Å². The summed E-state index contributed by atoms with van der Waals surface area (Å²) >= 11 is 0. The zero-order valence-corrected chi connectivity index (χ0v) is 14.6. The van der Waals surface area contributed by atoms with E-state index in [1.165, 1.54) is 0 Å². The molecule has 130 valence electrons. The van der Waals surface area contributed by atoms with Crippen molar-refractivity contribution in [3.05, 3.63) is 29.8 Å². The van der Waals surface area contributed by atoms with Crippen LogP contribution >= 0.6 is 0 Å². The third kappa shape index (κ3) is 11.9. The van der Waals surface area contributed by atoms with Crippen molar-refractivity contribution in [1.82, 2.24) is 0 Å². The second kappa shape index (κ2) is 16.0. The fraction of sp³-hybridized carbons (Fsp3) is 0.471. The number of hydrogen-bond donors (Lipinski definition) is 2. The molecule has 0 fully saturated rings. The van der Waals surface area contributed by atoms with Gasteiger partial charge in [0, 0.05) is 19.2 Å². The maximum absolute atomic E-state index is 10.4. The van der Waals surface area contributed by atoms with E-state index >= 15 is 0 Å². The molecule has 0 heterocycles. The van der Waals surface area contributed by atoms with Gasteiger partial charge in [-0.3, -0.25) is 4.79 Å². The molecule has 0 atom stereocenters. The van der Waals surface area contributed by atoms with Gasteiger partial charge in [-0.1, -0.05) is 31.1 Å². The molecule has 0 radical (unpaired) electrons. The standard InChI is InChI=1S/C9H12N2O.C6H10O3.C2H6/c1-7(11-12)8-3-5-9(10-2)6-4-8;1-2-9-6(8)4-3-5-7;1-2/h3-6,10,12H,1-2H3;5H,2-4H2,1H3;1-2H3/b11-7+;;. The van der Waals surface area contributed by atoms with Crippen LogP contribution in [-0.4, -0.2) is 36.8 Å². The average molecular weight is 324 g/mol. The highest BCUT2D eigenvalue weighted by molar-refractivity contribution is 5.98. The first kappa shape index (κ1) is 22.9. The molecule has 0 saturated carbocycles. The first-order valence-electron chi connectivity index (χ1n) is 7.65. The molecule has 6 heteroatoms. The second-order valence-corrected chi connectivity index (χ2v) is 4.02. The first-order chi connectivity index (χ1) is 11.1. The Hall–Kier alpha value is -2.37. The van der Waals surface area contributed by atoms with E-state index in [0.717, 1.165) is 11.3 Å². The minimum atomic E-state index is -0.301. The molecule has 0 spiro atoms. The molecule has 6 nitrogen and oxygen atoms in total. The number of hydrogen-bond acceptors (Lipinski definition) is 6. The predicted octanol–water partition coefficient (Wildman–Crippen LogP) is 3.48. The number of aldehydes is 1. The Bertz CT molecular complexity index is 456. The molecule has 0 aromatic heterocycles. The largest absolute Gasteiger partial charge is 0.466 e. The Labute approximate surface area is 138 Å². The number of carbonyl (C=O) groups excluding carboxylic acids is 2. The third-order valence-corrected chi connectivity index (χ3v) is 2.51. The minimum Gasteiger partial charge on any atom is -0.466 e. The van der Waals surface area contributed by atoms with Crippen molar-refractivity contribution in [2.45, 2.75) is 40.5 Å². The van der Waals surface area contributed by atoms with Crippen LogP contribution in [0.3, 0.4) is 0 Å². The molecule has 0 amide bonds. The van der Waals surface area contributed by atoms with Crippen molar-refractivity contribution < 1.29 is 19.5 Å². The number of benzene rings is 1. The van der Waals surface area contributed by atoms with Crippen LogP contribution in [0, 0.1) is 0 Å². The van der Waals surface area contributed by atoms with Gasteiger partial charge in [0.1, 0.15) is 6.29 Å². The van der Waals surface area contributed by atoms with Crippen LogP contribution in [0.15, 0.2) is 29.4 Å². The monoisotopic (exact) mass is 324 g/mol. The maximum atomic E-state index is 10.4.